The molecule has 1 unspecified atom stereocenters. The standard InChI is InChI=1S/C15H18N2O3S2/c1-2-6-16-13(18)14(19)17-10-15(20,11-5-8-21-9-11)12-4-3-7-22-12/h3-5,7-9,20H,2,6,10H2,1H3,(H,16,18)(H,17,19). The molecule has 5 nitrogen and oxygen atoms in total. The molecular formula is C15H18N2O3S2. The lowest BCUT2D eigenvalue weighted by atomic mass is 9.94. The molecule has 1 atom stereocenters. The number of rotatable bonds is 6. The summed E-state index contributed by atoms with van der Waals surface area (Å²) >= 11 is 2.87. The van der Waals surface area contributed by atoms with Crippen molar-refractivity contribution in [1.29, 1.82) is 0 Å². The van der Waals surface area contributed by atoms with Crippen LogP contribution in [0, 0.1) is 0 Å². The van der Waals surface area contributed by atoms with Crippen molar-refractivity contribution in [3.63, 3.8) is 0 Å². The molecule has 0 saturated carbocycles. The first-order valence-electron chi connectivity index (χ1n) is 6.93. The summed E-state index contributed by atoms with van der Waals surface area (Å²) in [5.41, 5.74) is -0.622. The van der Waals surface area contributed by atoms with E-state index in [1.165, 1.54) is 22.7 Å². The van der Waals surface area contributed by atoms with E-state index in [1.54, 1.807) is 0 Å². The maximum Gasteiger partial charge on any atom is 0.309 e. The third kappa shape index (κ3) is 3.73. The number of aliphatic hydroxyl groups is 1. The molecule has 0 aromatic carbocycles. The Morgan fingerprint density at radius 3 is 2.59 bits per heavy atom. The zero-order chi connectivity index (χ0) is 16.0. The van der Waals surface area contributed by atoms with Crippen molar-refractivity contribution in [1.82, 2.24) is 10.6 Å². The molecule has 0 aliphatic carbocycles. The molecule has 22 heavy (non-hydrogen) atoms. The van der Waals surface area contributed by atoms with E-state index >= 15 is 0 Å². The molecule has 0 radical (unpaired) electrons. The average Bonchev–Trinajstić information content (AvgIpc) is 3.22. The number of nitrogens with one attached hydrogen (secondary N) is 2. The SMILES string of the molecule is CCCNC(=O)C(=O)NCC(O)(c1ccsc1)c1cccs1. The molecule has 2 aromatic heterocycles. The summed E-state index contributed by atoms with van der Waals surface area (Å²) < 4.78 is 0. The third-order valence-corrected chi connectivity index (χ3v) is 4.88. The number of hydrogen-bond acceptors (Lipinski definition) is 5. The van der Waals surface area contributed by atoms with Gasteiger partial charge < -0.3 is 15.7 Å². The molecule has 0 aliphatic heterocycles. The van der Waals surface area contributed by atoms with Crippen LogP contribution < -0.4 is 10.6 Å². The fourth-order valence-corrected chi connectivity index (χ4v) is 3.52. The minimum atomic E-state index is -1.32. The van der Waals surface area contributed by atoms with Crippen LogP contribution >= 0.6 is 22.7 Å². The van der Waals surface area contributed by atoms with E-state index in [0.717, 1.165) is 11.3 Å². The fraction of sp³-hybridized carbons (Fsp3) is 0.333. The summed E-state index contributed by atoms with van der Waals surface area (Å²) in [5.74, 6) is -1.42. The summed E-state index contributed by atoms with van der Waals surface area (Å²) in [6.07, 6.45) is 0.757. The van der Waals surface area contributed by atoms with E-state index in [2.05, 4.69) is 10.6 Å². The molecule has 0 spiro atoms. The molecular weight excluding hydrogens is 320 g/mol. The van der Waals surface area contributed by atoms with Gasteiger partial charge in [-0.3, -0.25) is 9.59 Å². The van der Waals surface area contributed by atoms with E-state index < -0.39 is 17.4 Å². The highest BCUT2D eigenvalue weighted by Crippen LogP contribution is 2.33. The van der Waals surface area contributed by atoms with Gasteiger partial charge in [0, 0.05) is 17.0 Å². The molecule has 2 amide bonds. The number of carbonyl (C=O) groups is 2. The van der Waals surface area contributed by atoms with Crippen LogP contribution in [-0.4, -0.2) is 30.0 Å². The van der Waals surface area contributed by atoms with Gasteiger partial charge in [0.1, 0.15) is 5.60 Å². The van der Waals surface area contributed by atoms with Gasteiger partial charge in [0.05, 0.1) is 6.54 Å². The summed E-state index contributed by atoms with van der Waals surface area (Å²) in [6.45, 7) is 2.30. The van der Waals surface area contributed by atoms with Crippen LogP contribution in [0.5, 0.6) is 0 Å². The smallest absolute Gasteiger partial charge is 0.309 e. The first kappa shape index (κ1) is 16.7. The second kappa shape index (κ2) is 7.53. The van der Waals surface area contributed by atoms with E-state index in [4.69, 9.17) is 0 Å². The Bertz CT molecular complexity index is 575. The topological polar surface area (TPSA) is 78.4 Å². The number of hydrogen-bond donors (Lipinski definition) is 3. The third-order valence-electron chi connectivity index (χ3n) is 3.17. The van der Waals surface area contributed by atoms with Crippen LogP contribution in [0.15, 0.2) is 34.3 Å². The number of carbonyl (C=O) groups excluding carboxylic acids is 2. The molecule has 2 heterocycles. The van der Waals surface area contributed by atoms with Crippen LogP contribution in [0.25, 0.3) is 0 Å². The summed E-state index contributed by atoms with van der Waals surface area (Å²) in [5, 5.41) is 21.6. The Kier molecular flexibility index (Phi) is 5.70. The summed E-state index contributed by atoms with van der Waals surface area (Å²) in [7, 11) is 0. The molecule has 0 bridgehead atoms. The Morgan fingerprint density at radius 2 is 2.00 bits per heavy atom. The molecule has 0 aliphatic rings. The Morgan fingerprint density at radius 1 is 1.23 bits per heavy atom. The van der Waals surface area contributed by atoms with Gasteiger partial charge >= 0.3 is 11.8 Å². The van der Waals surface area contributed by atoms with Gasteiger partial charge in [-0.05, 0) is 34.7 Å². The quantitative estimate of drug-likeness (QED) is 0.701. The maximum atomic E-state index is 11.8. The van der Waals surface area contributed by atoms with Crippen LogP contribution in [0.2, 0.25) is 0 Å². The van der Waals surface area contributed by atoms with Crippen LogP contribution in [0.1, 0.15) is 23.8 Å². The highest BCUT2D eigenvalue weighted by Gasteiger charge is 2.34. The Hall–Kier alpha value is -1.70. The fourth-order valence-electron chi connectivity index (χ4n) is 1.95. The molecule has 0 saturated heterocycles. The van der Waals surface area contributed by atoms with E-state index in [0.29, 0.717) is 12.1 Å². The van der Waals surface area contributed by atoms with Crippen molar-refractivity contribution >= 4 is 34.5 Å². The predicted octanol–water partition coefficient (Wildman–Crippen LogP) is 1.69. The second-order valence-corrected chi connectivity index (χ2v) is 6.52. The van der Waals surface area contributed by atoms with Crippen molar-refractivity contribution in [3.05, 3.63) is 44.8 Å². The number of amides is 2. The Labute approximate surface area is 137 Å². The van der Waals surface area contributed by atoms with Gasteiger partial charge in [-0.15, -0.1) is 11.3 Å². The lowest BCUT2D eigenvalue weighted by molar-refractivity contribution is -0.139. The second-order valence-electron chi connectivity index (χ2n) is 4.79. The molecule has 118 valence electrons. The van der Waals surface area contributed by atoms with Gasteiger partial charge in [-0.2, -0.15) is 11.3 Å². The van der Waals surface area contributed by atoms with Gasteiger partial charge in [0.25, 0.3) is 0 Å². The van der Waals surface area contributed by atoms with Crippen LogP contribution in [-0.2, 0) is 15.2 Å². The van der Waals surface area contributed by atoms with Crippen molar-refractivity contribution in [2.24, 2.45) is 0 Å². The monoisotopic (exact) mass is 338 g/mol. The maximum absolute atomic E-state index is 11.8. The molecule has 2 aromatic rings. The zero-order valence-corrected chi connectivity index (χ0v) is 13.8. The highest BCUT2D eigenvalue weighted by molar-refractivity contribution is 7.10. The van der Waals surface area contributed by atoms with Gasteiger partial charge in [0.2, 0.25) is 0 Å². The highest BCUT2D eigenvalue weighted by atomic mass is 32.1. The first-order valence-corrected chi connectivity index (χ1v) is 8.75. The van der Waals surface area contributed by atoms with Gasteiger partial charge in [-0.25, -0.2) is 0 Å². The zero-order valence-electron chi connectivity index (χ0n) is 12.2. The lowest BCUT2D eigenvalue weighted by Crippen LogP contribution is -2.46. The van der Waals surface area contributed by atoms with Crippen molar-refractivity contribution in [2.45, 2.75) is 18.9 Å². The van der Waals surface area contributed by atoms with E-state index in [-0.39, 0.29) is 6.54 Å². The summed E-state index contributed by atoms with van der Waals surface area (Å²) in [4.78, 5) is 24.1. The van der Waals surface area contributed by atoms with Gasteiger partial charge in [-0.1, -0.05) is 13.0 Å². The largest absolute Gasteiger partial charge is 0.378 e. The first-order chi connectivity index (χ1) is 10.6. The number of thiophene rings is 2. The van der Waals surface area contributed by atoms with Crippen molar-refractivity contribution in [3.8, 4) is 0 Å². The lowest BCUT2D eigenvalue weighted by Gasteiger charge is -2.26. The summed E-state index contributed by atoms with van der Waals surface area (Å²) in [6, 6.07) is 5.46. The normalized spacial score (nSPS) is 13.4. The minimum absolute atomic E-state index is 0.0530. The van der Waals surface area contributed by atoms with Crippen LogP contribution in [0.4, 0.5) is 0 Å². The van der Waals surface area contributed by atoms with Crippen molar-refractivity contribution in [2.75, 3.05) is 13.1 Å². The van der Waals surface area contributed by atoms with Crippen molar-refractivity contribution < 1.29 is 14.7 Å². The van der Waals surface area contributed by atoms with Crippen LogP contribution in [0.3, 0.4) is 0 Å². The molecule has 2 rings (SSSR count). The Balaban J connectivity index is 2.09. The van der Waals surface area contributed by atoms with Gasteiger partial charge in [0.15, 0.2) is 0 Å². The molecule has 7 heteroatoms. The van der Waals surface area contributed by atoms with E-state index in [9.17, 15) is 14.7 Å². The van der Waals surface area contributed by atoms with E-state index in [1.807, 2.05) is 41.3 Å². The predicted molar refractivity (Wildman–Crippen MR) is 87.9 cm³/mol. The molecule has 0 fully saturated rings. The minimum Gasteiger partial charge on any atom is -0.378 e. The molecule has 3 N–H and O–H groups in total. The average molecular weight is 338 g/mol.